The molecule has 27 heavy (non-hydrogen) atoms. The van der Waals surface area contributed by atoms with Crippen LogP contribution in [0.25, 0.3) is 0 Å². The molecule has 0 bridgehead atoms. The minimum absolute atomic E-state index is 0.0186. The molecule has 2 atom stereocenters. The predicted octanol–water partition coefficient (Wildman–Crippen LogP) is 3.30. The molecular formula is C22H24N2O3. The first-order valence-corrected chi connectivity index (χ1v) is 9.41. The van der Waals surface area contributed by atoms with Crippen molar-refractivity contribution in [2.45, 2.75) is 45.4 Å². The van der Waals surface area contributed by atoms with E-state index in [1.807, 2.05) is 37.3 Å². The Kier molecular flexibility index (Phi) is 4.36. The molecular weight excluding hydrogens is 340 g/mol. The number of aliphatic hydroxyl groups is 1. The van der Waals surface area contributed by atoms with Crippen molar-refractivity contribution in [1.82, 2.24) is 10.2 Å². The number of amides is 2. The second-order valence-electron chi connectivity index (χ2n) is 7.82. The summed E-state index contributed by atoms with van der Waals surface area (Å²) in [6.07, 6.45) is -0.652. The molecule has 0 saturated heterocycles. The van der Waals surface area contributed by atoms with E-state index in [1.165, 1.54) is 4.90 Å². The minimum Gasteiger partial charge on any atom is -0.374 e. The predicted molar refractivity (Wildman–Crippen MR) is 103 cm³/mol. The van der Waals surface area contributed by atoms with E-state index >= 15 is 0 Å². The van der Waals surface area contributed by atoms with Gasteiger partial charge in [0.05, 0.1) is 11.1 Å². The Morgan fingerprint density at radius 1 is 1.04 bits per heavy atom. The van der Waals surface area contributed by atoms with Crippen molar-refractivity contribution in [1.29, 1.82) is 0 Å². The van der Waals surface area contributed by atoms with Gasteiger partial charge in [-0.2, -0.15) is 0 Å². The second-order valence-corrected chi connectivity index (χ2v) is 7.82. The van der Waals surface area contributed by atoms with E-state index in [0.29, 0.717) is 30.1 Å². The zero-order chi connectivity index (χ0) is 19.3. The highest BCUT2D eigenvalue weighted by Crippen LogP contribution is 2.31. The molecule has 2 aromatic carbocycles. The van der Waals surface area contributed by atoms with Gasteiger partial charge in [-0.15, -0.1) is 0 Å². The monoisotopic (exact) mass is 364 g/mol. The molecule has 0 fully saturated rings. The van der Waals surface area contributed by atoms with E-state index in [0.717, 1.165) is 22.3 Å². The average Bonchev–Trinajstić information content (AvgIpc) is 3.14. The molecule has 2 aliphatic heterocycles. The molecule has 0 radical (unpaired) electrons. The summed E-state index contributed by atoms with van der Waals surface area (Å²) in [4.78, 5) is 26.9. The summed E-state index contributed by atoms with van der Waals surface area (Å²) in [6.45, 7) is 7.12. The fourth-order valence-electron chi connectivity index (χ4n) is 3.86. The maximum atomic E-state index is 12.8. The number of imide groups is 1. The third-order valence-corrected chi connectivity index (χ3v) is 5.64. The van der Waals surface area contributed by atoms with Gasteiger partial charge in [0.2, 0.25) is 0 Å². The maximum absolute atomic E-state index is 12.8. The Hall–Kier alpha value is -2.50. The fourth-order valence-corrected chi connectivity index (χ4v) is 3.86. The number of aliphatic hydroxyl groups excluding tert-OH is 1. The molecule has 0 spiro atoms. The molecule has 5 heteroatoms. The molecule has 2 heterocycles. The number of hydrogen-bond donors (Lipinski definition) is 2. The van der Waals surface area contributed by atoms with Gasteiger partial charge in [-0.05, 0) is 46.2 Å². The number of fused-ring (bicyclic) bond motifs is 2. The Labute approximate surface area is 159 Å². The summed E-state index contributed by atoms with van der Waals surface area (Å²) in [5, 5.41) is 13.0. The van der Waals surface area contributed by atoms with Crippen LogP contribution < -0.4 is 5.32 Å². The van der Waals surface area contributed by atoms with Crippen LogP contribution in [0.15, 0.2) is 36.4 Å². The Balaban J connectivity index is 1.57. The number of hydrogen-bond acceptors (Lipinski definition) is 4. The van der Waals surface area contributed by atoms with Crippen LogP contribution in [0.2, 0.25) is 0 Å². The first-order valence-electron chi connectivity index (χ1n) is 9.41. The number of rotatable bonds is 4. The van der Waals surface area contributed by atoms with Gasteiger partial charge in [0.1, 0.15) is 6.23 Å². The van der Waals surface area contributed by atoms with Crippen molar-refractivity contribution in [3.63, 3.8) is 0 Å². The van der Waals surface area contributed by atoms with Gasteiger partial charge in [0.15, 0.2) is 0 Å². The van der Waals surface area contributed by atoms with Crippen LogP contribution in [-0.2, 0) is 6.54 Å². The molecule has 140 valence electrons. The van der Waals surface area contributed by atoms with Crippen LogP contribution in [-0.4, -0.2) is 28.4 Å². The lowest BCUT2D eigenvalue weighted by Crippen LogP contribution is -2.33. The number of carbonyl (C=O) groups is 2. The topological polar surface area (TPSA) is 69.6 Å². The van der Waals surface area contributed by atoms with Gasteiger partial charge in [-0.3, -0.25) is 19.8 Å². The SMILES string of the molecule is CC(C)c1ccc2c(c1)C(=O)N(C[C@@H](C)c1ccc3c(c1)C(O)NC3)C2=O. The first-order chi connectivity index (χ1) is 12.9. The summed E-state index contributed by atoms with van der Waals surface area (Å²) in [5.41, 5.74) is 5.03. The second kappa shape index (κ2) is 6.59. The van der Waals surface area contributed by atoms with Crippen molar-refractivity contribution in [2.24, 2.45) is 0 Å². The van der Waals surface area contributed by atoms with Crippen LogP contribution in [0.5, 0.6) is 0 Å². The lowest BCUT2D eigenvalue weighted by Gasteiger charge is -2.20. The van der Waals surface area contributed by atoms with Gasteiger partial charge in [-0.25, -0.2) is 0 Å². The van der Waals surface area contributed by atoms with E-state index < -0.39 is 6.23 Å². The molecule has 0 aliphatic carbocycles. The normalized spacial score (nSPS) is 19.6. The van der Waals surface area contributed by atoms with Crippen LogP contribution in [0.3, 0.4) is 0 Å². The van der Waals surface area contributed by atoms with Gasteiger partial charge in [-0.1, -0.05) is 45.0 Å². The third-order valence-electron chi connectivity index (χ3n) is 5.64. The van der Waals surface area contributed by atoms with Gasteiger partial charge in [0, 0.05) is 13.1 Å². The third kappa shape index (κ3) is 2.97. The average molecular weight is 364 g/mol. The molecule has 1 unspecified atom stereocenters. The van der Waals surface area contributed by atoms with Crippen LogP contribution >= 0.6 is 0 Å². The maximum Gasteiger partial charge on any atom is 0.261 e. The highest BCUT2D eigenvalue weighted by atomic mass is 16.3. The summed E-state index contributed by atoms with van der Waals surface area (Å²) in [5.74, 6) is -0.153. The summed E-state index contributed by atoms with van der Waals surface area (Å²) in [7, 11) is 0. The molecule has 0 aromatic heterocycles. The smallest absolute Gasteiger partial charge is 0.261 e. The molecule has 4 rings (SSSR count). The fraction of sp³-hybridized carbons (Fsp3) is 0.364. The number of benzene rings is 2. The molecule has 0 saturated carbocycles. The number of nitrogens with one attached hydrogen (secondary N) is 1. The quantitative estimate of drug-likeness (QED) is 0.817. The highest BCUT2D eigenvalue weighted by molar-refractivity contribution is 6.21. The van der Waals surface area contributed by atoms with Crippen LogP contribution in [0.1, 0.15) is 81.8 Å². The van der Waals surface area contributed by atoms with Crippen molar-refractivity contribution in [2.75, 3.05) is 6.54 Å². The summed E-state index contributed by atoms with van der Waals surface area (Å²) in [6, 6.07) is 11.5. The molecule has 2 aliphatic rings. The standard InChI is InChI=1S/C22H24N2O3/c1-12(2)14-6-7-17-19(8-14)22(27)24(21(17)26)11-13(3)15-4-5-16-10-23-20(25)18(16)9-15/h4-9,12-13,20,23,25H,10-11H2,1-3H3/t13-,20?/m1/s1. The molecule has 5 nitrogen and oxygen atoms in total. The molecule has 2 amide bonds. The lowest BCUT2D eigenvalue weighted by atomic mass is 9.96. The minimum atomic E-state index is -0.652. The Bertz CT molecular complexity index is 935. The van der Waals surface area contributed by atoms with E-state index in [-0.39, 0.29) is 17.7 Å². The van der Waals surface area contributed by atoms with Gasteiger partial charge in [0.25, 0.3) is 11.8 Å². The van der Waals surface area contributed by atoms with Crippen molar-refractivity contribution in [3.05, 3.63) is 69.8 Å². The summed E-state index contributed by atoms with van der Waals surface area (Å²) >= 11 is 0. The number of carbonyl (C=O) groups excluding carboxylic acids is 2. The number of nitrogens with zero attached hydrogens (tertiary/aromatic N) is 1. The summed E-state index contributed by atoms with van der Waals surface area (Å²) < 4.78 is 0. The van der Waals surface area contributed by atoms with Crippen molar-refractivity contribution < 1.29 is 14.7 Å². The highest BCUT2D eigenvalue weighted by Gasteiger charge is 2.36. The van der Waals surface area contributed by atoms with E-state index in [2.05, 4.69) is 19.2 Å². The molecule has 2 aromatic rings. The van der Waals surface area contributed by atoms with Gasteiger partial charge >= 0.3 is 0 Å². The van der Waals surface area contributed by atoms with E-state index in [9.17, 15) is 14.7 Å². The van der Waals surface area contributed by atoms with E-state index in [4.69, 9.17) is 0 Å². The largest absolute Gasteiger partial charge is 0.374 e. The molecule has 2 N–H and O–H groups in total. The Morgan fingerprint density at radius 3 is 2.48 bits per heavy atom. The van der Waals surface area contributed by atoms with Crippen LogP contribution in [0.4, 0.5) is 0 Å². The lowest BCUT2D eigenvalue weighted by molar-refractivity contribution is 0.0646. The van der Waals surface area contributed by atoms with Crippen molar-refractivity contribution in [3.8, 4) is 0 Å². The Morgan fingerprint density at radius 2 is 1.74 bits per heavy atom. The zero-order valence-corrected chi connectivity index (χ0v) is 15.8. The van der Waals surface area contributed by atoms with Crippen LogP contribution in [0, 0.1) is 0 Å². The van der Waals surface area contributed by atoms with E-state index in [1.54, 1.807) is 6.07 Å². The zero-order valence-electron chi connectivity index (χ0n) is 15.8. The van der Waals surface area contributed by atoms with Gasteiger partial charge < -0.3 is 5.11 Å². The van der Waals surface area contributed by atoms with Crippen molar-refractivity contribution >= 4 is 11.8 Å². The first kappa shape index (κ1) is 17.9.